The fourth-order valence-electron chi connectivity index (χ4n) is 7.30. The van der Waals surface area contributed by atoms with Crippen LogP contribution in [0.4, 0.5) is 0 Å². The monoisotopic (exact) mass is 307 g/mol. The Balaban J connectivity index is 1.60. The maximum Gasteiger partial charge on any atom is 0.0596 e. The van der Waals surface area contributed by atoms with Crippen molar-refractivity contribution < 1.29 is 10.2 Å². The van der Waals surface area contributed by atoms with E-state index in [1.54, 1.807) is 0 Å². The summed E-state index contributed by atoms with van der Waals surface area (Å²) in [4.78, 5) is 2.56. The fraction of sp³-hybridized carbons (Fsp3) is 1.00. The second-order valence-corrected chi connectivity index (χ2v) is 9.12. The number of fused-ring (bicyclic) bond motifs is 5. The van der Waals surface area contributed by atoms with Gasteiger partial charge in [0, 0.05) is 12.6 Å². The number of hydrogen-bond acceptors (Lipinski definition) is 3. The Kier molecular flexibility index (Phi) is 3.63. The third-order valence-corrected chi connectivity index (χ3v) is 8.53. The van der Waals surface area contributed by atoms with Gasteiger partial charge in [0.05, 0.1) is 12.7 Å². The van der Waals surface area contributed by atoms with Gasteiger partial charge in [0.25, 0.3) is 0 Å². The normalized spacial score (nSPS) is 54.8. The molecule has 3 heteroatoms. The molecule has 4 rings (SSSR count). The average molecular weight is 307 g/mol. The van der Waals surface area contributed by atoms with E-state index in [0.29, 0.717) is 18.1 Å². The van der Waals surface area contributed by atoms with Gasteiger partial charge in [-0.15, -0.1) is 0 Å². The molecule has 1 aliphatic heterocycles. The SMILES string of the molecule is C[C@]12CCN(CCO)[C@H]1CC[C@H]1[C@H]3CC[C@H](O)[C@]3(C)CC[C@@H]12. The molecule has 1 heterocycles. The first-order chi connectivity index (χ1) is 10.5. The summed E-state index contributed by atoms with van der Waals surface area (Å²) < 4.78 is 0. The second kappa shape index (κ2) is 5.19. The van der Waals surface area contributed by atoms with Crippen molar-refractivity contribution in [2.45, 2.75) is 70.9 Å². The first-order valence-corrected chi connectivity index (χ1v) is 9.53. The van der Waals surface area contributed by atoms with Crippen LogP contribution in [0.1, 0.15) is 58.8 Å². The van der Waals surface area contributed by atoms with Gasteiger partial charge in [0.15, 0.2) is 0 Å². The maximum absolute atomic E-state index is 10.5. The standard InChI is InChI=1S/C19H33NO2/c1-18-9-10-20(11-12-21)16(18)5-3-13-14-4-6-17(22)19(14,2)8-7-15(13)18/h13-17,21-22H,3-12H2,1-2H3/t13-,14+,15-,16-,17-,18+,19+/m0/s1. The van der Waals surface area contributed by atoms with E-state index in [0.717, 1.165) is 30.7 Å². The molecule has 4 fully saturated rings. The number of aliphatic hydroxyl groups is 2. The molecule has 3 nitrogen and oxygen atoms in total. The minimum absolute atomic E-state index is 0.0570. The zero-order valence-electron chi connectivity index (χ0n) is 14.3. The van der Waals surface area contributed by atoms with Crippen LogP contribution in [0.25, 0.3) is 0 Å². The molecule has 0 radical (unpaired) electrons. The van der Waals surface area contributed by atoms with E-state index in [9.17, 15) is 10.2 Å². The largest absolute Gasteiger partial charge is 0.395 e. The van der Waals surface area contributed by atoms with E-state index in [4.69, 9.17) is 0 Å². The average Bonchev–Trinajstić information content (AvgIpc) is 2.98. The van der Waals surface area contributed by atoms with E-state index in [1.807, 2.05) is 0 Å². The molecule has 0 bridgehead atoms. The summed E-state index contributed by atoms with van der Waals surface area (Å²) in [5, 5.41) is 19.9. The van der Waals surface area contributed by atoms with Crippen LogP contribution >= 0.6 is 0 Å². The third-order valence-electron chi connectivity index (χ3n) is 8.53. The van der Waals surface area contributed by atoms with E-state index >= 15 is 0 Å². The van der Waals surface area contributed by atoms with Gasteiger partial charge >= 0.3 is 0 Å². The van der Waals surface area contributed by atoms with Crippen molar-refractivity contribution >= 4 is 0 Å². The van der Waals surface area contributed by atoms with Crippen molar-refractivity contribution in [3.05, 3.63) is 0 Å². The van der Waals surface area contributed by atoms with Gasteiger partial charge < -0.3 is 10.2 Å². The van der Waals surface area contributed by atoms with Crippen molar-refractivity contribution in [2.24, 2.45) is 28.6 Å². The number of nitrogens with zero attached hydrogens (tertiary/aromatic N) is 1. The van der Waals surface area contributed by atoms with Gasteiger partial charge in [-0.1, -0.05) is 13.8 Å². The second-order valence-electron chi connectivity index (χ2n) is 9.12. The lowest BCUT2D eigenvalue weighted by atomic mass is 9.49. The Morgan fingerprint density at radius 3 is 2.50 bits per heavy atom. The summed E-state index contributed by atoms with van der Waals surface area (Å²) in [5.41, 5.74) is 0.653. The highest BCUT2D eigenvalue weighted by Crippen LogP contribution is 2.64. The van der Waals surface area contributed by atoms with Gasteiger partial charge in [0.2, 0.25) is 0 Å². The number of β-amino-alcohol motifs (C(OH)–C–C–N with tert-alkyl or cyclic N) is 1. The van der Waals surface area contributed by atoms with E-state index in [-0.39, 0.29) is 11.5 Å². The predicted octanol–water partition coefficient (Wildman–Crippen LogP) is 2.66. The Bertz CT molecular complexity index is 441. The van der Waals surface area contributed by atoms with Gasteiger partial charge in [-0.05, 0) is 80.1 Å². The molecule has 0 spiro atoms. The Hall–Kier alpha value is -0.120. The zero-order valence-corrected chi connectivity index (χ0v) is 14.3. The van der Waals surface area contributed by atoms with Gasteiger partial charge in [0.1, 0.15) is 0 Å². The molecule has 126 valence electrons. The Labute approximate surface area is 135 Å². The number of aliphatic hydroxyl groups excluding tert-OH is 2. The molecule has 3 aliphatic carbocycles. The van der Waals surface area contributed by atoms with Gasteiger partial charge in [-0.25, -0.2) is 0 Å². The Morgan fingerprint density at radius 2 is 1.73 bits per heavy atom. The minimum atomic E-state index is -0.0570. The van der Waals surface area contributed by atoms with Crippen LogP contribution in [-0.4, -0.2) is 47.0 Å². The molecule has 0 unspecified atom stereocenters. The van der Waals surface area contributed by atoms with Crippen molar-refractivity contribution in [1.82, 2.24) is 4.90 Å². The molecule has 7 atom stereocenters. The molecule has 4 aliphatic rings. The molecule has 0 aromatic carbocycles. The quantitative estimate of drug-likeness (QED) is 0.824. The van der Waals surface area contributed by atoms with Gasteiger partial charge in [-0.3, -0.25) is 4.90 Å². The Morgan fingerprint density at radius 1 is 0.955 bits per heavy atom. The van der Waals surface area contributed by atoms with Crippen LogP contribution < -0.4 is 0 Å². The third kappa shape index (κ3) is 1.91. The lowest BCUT2D eigenvalue weighted by molar-refractivity contribution is -0.0980. The van der Waals surface area contributed by atoms with Crippen molar-refractivity contribution in [3.63, 3.8) is 0 Å². The first kappa shape index (κ1) is 15.4. The highest BCUT2D eigenvalue weighted by atomic mass is 16.3. The van der Waals surface area contributed by atoms with Crippen LogP contribution in [0.5, 0.6) is 0 Å². The highest BCUT2D eigenvalue weighted by Gasteiger charge is 2.61. The fourth-order valence-corrected chi connectivity index (χ4v) is 7.30. The van der Waals surface area contributed by atoms with E-state index in [2.05, 4.69) is 18.7 Å². The van der Waals surface area contributed by atoms with E-state index < -0.39 is 0 Å². The molecule has 2 N–H and O–H groups in total. The van der Waals surface area contributed by atoms with Crippen molar-refractivity contribution in [3.8, 4) is 0 Å². The lowest BCUT2D eigenvalue weighted by Crippen LogP contribution is -2.55. The van der Waals surface area contributed by atoms with Crippen LogP contribution in [0.15, 0.2) is 0 Å². The molecule has 1 saturated heterocycles. The van der Waals surface area contributed by atoms with Crippen LogP contribution in [0.2, 0.25) is 0 Å². The van der Waals surface area contributed by atoms with Crippen LogP contribution in [0.3, 0.4) is 0 Å². The molecular weight excluding hydrogens is 274 g/mol. The summed E-state index contributed by atoms with van der Waals surface area (Å²) in [7, 11) is 0. The van der Waals surface area contributed by atoms with E-state index in [1.165, 1.54) is 45.1 Å². The summed E-state index contributed by atoms with van der Waals surface area (Å²) in [6.45, 7) is 7.24. The minimum Gasteiger partial charge on any atom is -0.395 e. The van der Waals surface area contributed by atoms with Crippen molar-refractivity contribution in [2.75, 3.05) is 19.7 Å². The molecule has 22 heavy (non-hydrogen) atoms. The molecule has 3 saturated carbocycles. The van der Waals surface area contributed by atoms with Crippen LogP contribution in [-0.2, 0) is 0 Å². The summed E-state index contributed by atoms with van der Waals surface area (Å²) in [6, 6.07) is 0.691. The molecule has 0 amide bonds. The molecule has 0 aromatic rings. The lowest BCUT2D eigenvalue weighted by Gasteiger charge is -2.57. The predicted molar refractivity (Wildman–Crippen MR) is 87.5 cm³/mol. The molecular formula is C19H33NO2. The van der Waals surface area contributed by atoms with Gasteiger partial charge in [-0.2, -0.15) is 0 Å². The summed E-state index contributed by atoms with van der Waals surface area (Å²) >= 11 is 0. The number of rotatable bonds is 2. The summed E-state index contributed by atoms with van der Waals surface area (Å²) in [5.74, 6) is 2.44. The van der Waals surface area contributed by atoms with Crippen molar-refractivity contribution in [1.29, 1.82) is 0 Å². The number of likely N-dealkylation sites (tertiary alicyclic amines) is 1. The number of hydrogen-bond donors (Lipinski definition) is 2. The smallest absolute Gasteiger partial charge is 0.0596 e. The summed E-state index contributed by atoms with van der Waals surface area (Å²) in [6.07, 6.45) is 8.72. The maximum atomic E-state index is 10.5. The zero-order chi connectivity index (χ0) is 15.5. The highest BCUT2D eigenvalue weighted by molar-refractivity contribution is 5.11. The topological polar surface area (TPSA) is 43.7 Å². The van der Waals surface area contributed by atoms with Crippen LogP contribution in [0, 0.1) is 28.6 Å². The molecule has 0 aromatic heterocycles. The first-order valence-electron chi connectivity index (χ1n) is 9.53.